The van der Waals surface area contributed by atoms with Crippen molar-refractivity contribution in [1.82, 2.24) is 14.5 Å². The molecule has 0 fully saturated rings. The van der Waals surface area contributed by atoms with Gasteiger partial charge in [0.15, 0.2) is 10.8 Å². The zero-order valence-corrected chi connectivity index (χ0v) is 13.8. The lowest BCUT2D eigenvalue weighted by Crippen LogP contribution is -2.12. The second-order valence-electron chi connectivity index (χ2n) is 6.04. The lowest BCUT2D eigenvalue weighted by Gasteiger charge is -2.19. The smallest absolute Gasteiger partial charge is 0.313 e. The van der Waals surface area contributed by atoms with Gasteiger partial charge in [-0.05, 0) is 17.9 Å². The summed E-state index contributed by atoms with van der Waals surface area (Å²) < 4.78 is 1.98. The number of thioether (sulfide) groups is 1. The zero-order valence-electron chi connectivity index (χ0n) is 12.3. The summed E-state index contributed by atoms with van der Waals surface area (Å²) in [6.07, 6.45) is 2.54. The normalized spacial score (nSPS) is 12.0. The number of aliphatic carboxylic acids is 1. The van der Waals surface area contributed by atoms with E-state index in [1.165, 1.54) is 11.8 Å². The van der Waals surface area contributed by atoms with Crippen molar-refractivity contribution in [2.45, 2.75) is 38.9 Å². The lowest BCUT2D eigenvalue weighted by molar-refractivity contribution is -0.133. The van der Waals surface area contributed by atoms with Crippen LogP contribution in [-0.2, 0) is 11.3 Å². The molecular weight excluding hydrogens is 310 g/mol. The summed E-state index contributed by atoms with van der Waals surface area (Å²) >= 11 is 7.15. The minimum atomic E-state index is -0.861. The summed E-state index contributed by atoms with van der Waals surface area (Å²) in [7, 11) is 0. The van der Waals surface area contributed by atoms with Gasteiger partial charge in [-0.1, -0.05) is 44.1 Å². The Bertz CT molecular complexity index is 664. The topological polar surface area (TPSA) is 68.0 Å². The van der Waals surface area contributed by atoms with Crippen LogP contribution in [0.15, 0.2) is 17.4 Å². The molecule has 0 radical (unpaired) electrons. The van der Waals surface area contributed by atoms with E-state index in [-0.39, 0.29) is 11.2 Å². The van der Waals surface area contributed by atoms with Gasteiger partial charge >= 0.3 is 5.97 Å². The Kier molecular flexibility index (Phi) is 4.78. The van der Waals surface area contributed by atoms with E-state index < -0.39 is 5.97 Å². The number of rotatable bonds is 5. The predicted molar refractivity (Wildman–Crippen MR) is 85.0 cm³/mol. The van der Waals surface area contributed by atoms with E-state index in [1.807, 2.05) is 4.57 Å². The molecule has 0 unspecified atom stereocenters. The van der Waals surface area contributed by atoms with Gasteiger partial charge in [0.2, 0.25) is 0 Å². The molecule has 21 heavy (non-hydrogen) atoms. The van der Waals surface area contributed by atoms with E-state index in [1.54, 1.807) is 12.3 Å². The summed E-state index contributed by atoms with van der Waals surface area (Å²) in [5.74, 6) is -0.882. The summed E-state index contributed by atoms with van der Waals surface area (Å²) in [5.41, 5.74) is 1.62. The molecular formula is C14H18ClN3O2S. The molecule has 5 nitrogen and oxygen atoms in total. The number of halogens is 1. The van der Waals surface area contributed by atoms with Crippen molar-refractivity contribution >= 4 is 40.5 Å². The van der Waals surface area contributed by atoms with E-state index in [9.17, 15) is 4.79 Å². The van der Waals surface area contributed by atoms with Gasteiger partial charge in [0.05, 0.1) is 10.8 Å². The lowest BCUT2D eigenvalue weighted by atomic mass is 9.92. The number of hydrogen-bond donors (Lipinski definition) is 1. The van der Waals surface area contributed by atoms with Gasteiger partial charge in [0, 0.05) is 12.7 Å². The van der Waals surface area contributed by atoms with Crippen LogP contribution in [-0.4, -0.2) is 31.4 Å². The van der Waals surface area contributed by atoms with E-state index in [0.717, 1.165) is 18.6 Å². The van der Waals surface area contributed by atoms with Crippen molar-refractivity contribution in [3.8, 4) is 0 Å². The maximum Gasteiger partial charge on any atom is 0.313 e. The molecule has 0 aliphatic heterocycles. The number of hydrogen-bond acceptors (Lipinski definition) is 4. The highest BCUT2D eigenvalue weighted by atomic mass is 35.5. The largest absolute Gasteiger partial charge is 0.481 e. The summed E-state index contributed by atoms with van der Waals surface area (Å²) in [4.78, 5) is 19.6. The van der Waals surface area contributed by atoms with E-state index in [4.69, 9.17) is 16.7 Å². The number of nitrogens with zero attached hydrogens (tertiary/aromatic N) is 3. The summed E-state index contributed by atoms with van der Waals surface area (Å²) in [6.45, 7) is 7.25. The second kappa shape index (κ2) is 6.23. The van der Waals surface area contributed by atoms with Crippen molar-refractivity contribution in [2.75, 3.05) is 5.75 Å². The molecule has 0 saturated heterocycles. The molecule has 0 bridgehead atoms. The van der Waals surface area contributed by atoms with Gasteiger partial charge in [0.25, 0.3) is 0 Å². The van der Waals surface area contributed by atoms with Crippen LogP contribution in [0, 0.1) is 5.41 Å². The molecule has 2 heterocycles. The fraction of sp³-hybridized carbons (Fsp3) is 0.500. The SMILES string of the molecule is CC(C)(C)CCn1c(SCC(=O)O)nc2cc(Cl)cnc21. The number of carboxylic acid groups (broad SMARTS) is 1. The van der Waals surface area contributed by atoms with E-state index in [0.29, 0.717) is 15.7 Å². The molecule has 0 amide bonds. The fourth-order valence-electron chi connectivity index (χ4n) is 1.85. The van der Waals surface area contributed by atoms with Gasteiger partial charge in [-0.2, -0.15) is 0 Å². The van der Waals surface area contributed by atoms with Gasteiger partial charge in [-0.25, -0.2) is 9.97 Å². The number of aromatic nitrogens is 3. The van der Waals surface area contributed by atoms with Crippen LogP contribution in [0.3, 0.4) is 0 Å². The van der Waals surface area contributed by atoms with Crippen molar-refractivity contribution in [3.63, 3.8) is 0 Å². The molecule has 0 atom stereocenters. The van der Waals surface area contributed by atoms with Crippen molar-refractivity contribution in [1.29, 1.82) is 0 Å². The number of imidazole rings is 1. The number of carboxylic acids is 1. The van der Waals surface area contributed by atoms with Crippen LogP contribution >= 0.6 is 23.4 Å². The Hall–Kier alpha value is -1.27. The third-order valence-electron chi connectivity index (χ3n) is 2.93. The minimum absolute atomic E-state index is 0.0213. The van der Waals surface area contributed by atoms with E-state index >= 15 is 0 Å². The number of pyridine rings is 1. The van der Waals surface area contributed by atoms with Crippen LogP contribution in [0.1, 0.15) is 27.2 Å². The average molecular weight is 328 g/mol. The predicted octanol–water partition coefficient (Wildman–Crippen LogP) is 3.70. The van der Waals surface area contributed by atoms with Crippen LogP contribution in [0.5, 0.6) is 0 Å². The molecule has 2 aromatic rings. The number of carbonyl (C=O) groups is 1. The quantitative estimate of drug-likeness (QED) is 0.848. The zero-order chi connectivity index (χ0) is 15.6. The fourth-order valence-corrected chi connectivity index (χ4v) is 2.75. The van der Waals surface area contributed by atoms with E-state index in [2.05, 4.69) is 30.7 Å². The standard InChI is InChI=1S/C14H18ClN3O2S/c1-14(2,3)4-5-18-12-10(6-9(15)7-16-12)17-13(18)21-8-11(19)20/h6-7H,4-5,8H2,1-3H3,(H,19,20). The van der Waals surface area contributed by atoms with Crippen molar-refractivity contribution in [3.05, 3.63) is 17.3 Å². The molecule has 0 aliphatic carbocycles. The molecule has 2 aromatic heterocycles. The third kappa shape index (κ3) is 4.35. The van der Waals surface area contributed by atoms with Crippen molar-refractivity contribution in [2.24, 2.45) is 5.41 Å². The van der Waals surface area contributed by atoms with Gasteiger partial charge in [-0.3, -0.25) is 4.79 Å². The Morgan fingerprint density at radius 1 is 1.48 bits per heavy atom. The van der Waals surface area contributed by atoms with Gasteiger partial charge < -0.3 is 9.67 Å². The first kappa shape index (κ1) is 16.1. The van der Waals surface area contributed by atoms with Gasteiger partial charge in [0.1, 0.15) is 5.52 Å². The molecule has 0 aromatic carbocycles. The first-order valence-corrected chi connectivity index (χ1v) is 7.99. The van der Waals surface area contributed by atoms with Crippen LogP contribution < -0.4 is 0 Å². The number of fused-ring (bicyclic) bond motifs is 1. The molecule has 2 rings (SSSR count). The molecule has 7 heteroatoms. The molecule has 0 saturated carbocycles. The summed E-state index contributed by atoms with van der Waals surface area (Å²) in [5, 5.41) is 10.0. The highest BCUT2D eigenvalue weighted by Gasteiger charge is 2.17. The molecule has 0 spiro atoms. The maximum absolute atomic E-state index is 10.8. The van der Waals surface area contributed by atoms with Crippen LogP contribution in [0.2, 0.25) is 5.02 Å². The Morgan fingerprint density at radius 3 is 2.81 bits per heavy atom. The van der Waals surface area contributed by atoms with Crippen molar-refractivity contribution < 1.29 is 9.90 Å². The Morgan fingerprint density at radius 2 is 2.19 bits per heavy atom. The third-order valence-corrected chi connectivity index (χ3v) is 4.09. The summed E-state index contributed by atoms with van der Waals surface area (Å²) in [6, 6.07) is 1.75. The first-order chi connectivity index (χ1) is 9.76. The van der Waals surface area contributed by atoms with Crippen LogP contribution in [0.4, 0.5) is 0 Å². The Balaban J connectivity index is 2.36. The second-order valence-corrected chi connectivity index (χ2v) is 7.41. The highest BCUT2D eigenvalue weighted by molar-refractivity contribution is 7.99. The molecule has 114 valence electrons. The molecule has 0 aliphatic rings. The average Bonchev–Trinajstić information content (AvgIpc) is 2.69. The minimum Gasteiger partial charge on any atom is -0.481 e. The monoisotopic (exact) mass is 327 g/mol. The van der Waals surface area contributed by atoms with Crippen LogP contribution in [0.25, 0.3) is 11.2 Å². The maximum atomic E-state index is 10.8. The highest BCUT2D eigenvalue weighted by Crippen LogP contribution is 2.27. The number of aryl methyl sites for hydroxylation is 1. The Labute approximate surface area is 132 Å². The molecule has 1 N–H and O–H groups in total. The first-order valence-electron chi connectivity index (χ1n) is 6.63. The van der Waals surface area contributed by atoms with Gasteiger partial charge in [-0.15, -0.1) is 0 Å².